The van der Waals surface area contributed by atoms with Crippen LogP contribution >= 0.6 is 12.6 Å². The summed E-state index contributed by atoms with van der Waals surface area (Å²) < 4.78 is 0. The van der Waals surface area contributed by atoms with Crippen LogP contribution < -0.4 is 0 Å². The molecule has 0 bridgehead atoms. The zero-order valence-corrected chi connectivity index (χ0v) is 8.22. The lowest BCUT2D eigenvalue weighted by molar-refractivity contribution is -0.131. The molecule has 0 saturated carbocycles. The fourth-order valence-electron chi connectivity index (χ4n) is 1.19. The third-order valence-corrected chi connectivity index (χ3v) is 2.23. The maximum absolute atomic E-state index is 11.2. The second-order valence-corrected chi connectivity index (χ2v) is 3.37. The van der Waals surface area contributed by atoms with Crippen molar-refractivity contribution in [2.75, 3.05) is 5.75 Å². The van der Waals surface area contributed by atoms with E-state index in [-0.39, 0.29) is 5.78 Å². The van der Waals surface area contributed by atoms with Gasteiger partial charge < -0.3 is 0 Å². The molecule has 0 aliphatic heterocycles. The number of rotatable bonds is 4. The summed E-state index contributed by atoms with van der Waals surface area (Å²) >= 11 is 4.07. The zero-order chi connectivity index (χ0) is 9.68. The van der Waals surface area contributed by atoms with Gasteiger partial charge in [-0.15, -0.1) is 0 Å². The highest BCUT2D eigenvalue weighted by atomic mass is 32.1. The Morgan fingerprint density at radius 2 is 2.00 bits per heavy atom. The lowest BCUT2D eigenvalue weighted by Gasteiger charge is -2.05. The normalized spacial score (nSPS) is 16.2. The molecular weight excluding hydrogens is 184 g/mol. The van der Waals surface area contributed by atoms with Crippen molar-refractivity contribution < 1.29 is 9.59 Å². The van der Waals surface area contributed by atoms with Gasteiger partial charge in [0.15, 0.2) is 0 Å². The van der Waals surface area contributed by atoms with Crippen molar-refractivity contribution in [3.05, 3.63) is 23.8 Å². The first-order valence-electron chi connectivity index (χ1n) is 4.32. The number of carbonyl (C=O) groups is 2. The van der Waals surface area contributed by atoms with Crippen LogP contribution in [-0.2, 0) is 9.59 Å². The average Bonchev–Trinajstić information content (AvgIpc) is 2.13. The van der Waals surface area contributed by atoms with Gasteiger partial charge in [-0.05, 0) is 31.1 Å². The Hall–Kier alpha value is -0.830. The van der Waals surface area contributed by atoms with Crippen LogP contribution in [0.5, 0.6) is 0 Å². The molecule has 1 aliphatic rings. The second kappa shape index (κ2) is 5.02. The van der Waals surface area contributed by atoms with Crippen LogP contribution in [0.15, 0.2) is 23.8 Å². The third kappa shape index (κ3) is 2.84. The van der Waals surface area contributed by atoms with Gasteiger partial charge in [0, 0.05) is 5.57 Å². The summed E-state index contributed by atoms with van der Waals surface area (Å²) in [7, 11) is 0. The molecule has 0 aromatic heterocycles. The number of hydrogen-bond acceptors (Lipinski definition) is 3. The van der Waals surface area contributed by atoms with E-state index in [1.807, 2.05) is 0 Å². The van der Waals surface area contributed by atoms with Crippen LogP contribution in [0.1, 0.15) is 19.3 Å². The second-order valence-electron chi connectivity index (χ2n) is 2.93. The third-order valence-electron chi connectivity index (χ3n) is 1.91. The van der Waals surface area contributed by atoms with E-state index >= 15 is 0 Å². The van der Waals surface area contributed by atoms with E-state index in [0.717, 1.165) is 18.6 Å². The predicted octanol–water partition coefficient (Wildman–Crippen LogP) is 1.72. The Balaban J connectivity index is 2.49. The lowest BCUT2D eigenvalue weighted by atomic mass is 9.98. The summed E-state index contributed by atoms with van der Waals surface area (Å²) in [5.41, 5.74) is 0.634. The first-order valence-corrected chi connectivity index (χ1v) is 4.95. The molecule has 1 rings (SSSR count). The van der Waals surface area contributed by atoms with Crippen LogP contribution in [0.25, 0.3) is 0 Å². The van der Waals surface area contributed by atoms with E-state index in [4.69, 9.17) is 0 Å². The van der Waals surface area contributed by atoms with Gasteiger partial charge in [0.1, 0.15) is 0 Å². The van der Waals surface area contributed by atoms with Gasteiger partial charge in [-0.2, -0.15) is 12.6 Å². The molecule has 0 aromatic carbocycles. The van der Waals surface area contributed by atoms with E-state index in [1.165, 1.54) is 6.08 Å². The molecule has 1 aliphatic carbocycles. The highest BCUT2D eigenvalue weighted by Gasteiger charge is 2.17. The summed E-state index contributed by atoms with van der Waals surface area (Å²) in [6.07, 6.45) is 7.26. The van der Waals surface area contributed by atoms with E-state index in [2.05, 4.69) is 12.6 Å². The molecule has 0 atom stereocenters. The first kappa shape index (κ1) is 10.3. The minimum absolute atomic E-state index is 0.346. The largest absolute Gasteiger partial charge is 0.286 e. The van der Waals surface area contributed by atoms with Gasteiger partial charge in [0.25, 0.3) is 0 Å². The molecule has 0 saturated heterocycles. The summed E-state index contributed by atoms with van der Waals surface area (Å²) in [5, 5.41) is 0. The Bertz CT molecular complexity index is 277. The van der Waals surface area contributed by atoms with Crippen molar-refractivity contribution >= 4 is 24.2 Å². The fourth-order valence-corrected chi connectivity index (χ4v) is 1.41. The molecular formula is C10H12O2S. The molecule has 0 aromatic rings. The standard InChI is InChI=1S/C10H12O2S/c11-9-6-3-5-8(10(9)12)4-1-2-7-13/h3,5-6,13H,1-2,4,7H2. The van der Waals surface area contributed by atoms with Crippen LogP contribution in [0.2, 0.25) is 0 Å². The Morgan fingerprint density at radius 3 is 2.69 bits per heavy atom. The number of unbranched alkanes of at least 4 members (excludes halogenated alkanes) is 1. The Kier molecular flexibility index (Phi) is 3.96. The van der Waals surface area contributed by atoms with Gasteiger partial charge in [-0.3, -0.25) is 9.59 Å². The van der Waals surface area contributed by atoms with Crippen molar-refractivity contribution in [1.82, 2.24) is 0 Å². The maximum Gasteiger partial charge on any atom is 0.228 e. The molecule has 0 amide bonds. The summed E-state index contributed by atoms with van der Waals surface area (Å²) in [4.78, 5) is 22.2. The minimum atomic E-state index is -0.400. The smallest absolute Gasteiger partial charge is 0.228 e. The summed E-state index contributed by atoms with van der Waals surface area (Å²) in [6.45, 7) is 0. The monoisotopic (exact) mass is 196 g/mol. The summed E-state index contributed by atoms with van der Waals surface area (Å²) in [6, 6.07) is 0. The van der Waals surface area contributed by atoms with Gasteiger partial charge in [-0.1, -0.05) is 12.2 Å². The SMILES string of the molecule is O=C1C=CC=C(CCCCS)C1=O. The molecule has 70 valence electrons. The molecule has 0 unspecified atom stereocenters. The molecule has 0 heterocycles. The highest BCUT2D eigenvalue weighted by molar-refractivity contribution is 7.80. The zero-order valence-electron chi connectivity index (χ0n) is 7.32. The first-order chi connectivity index (χ1) is 6.25. The van der Waals surface area contributed by atoms with Gasteiger partial charge in [0.2, 0.25) is 11.6 Å². The topological polar surface area (TPSA) is 34.1 Å². The summed E-state index contributed by atoms with van der Waals surface area (Å²) in [5.74, 6) is 0.0793. The molecule has 0 spiro atoms. The van der Waals surface area contributed by atoms with Crippen molar-refractivity contribution in [1.29, 1.82) is 0 Å². The van der Waals surface area contributed by atoms with Crippen molar-refractivity contribution in [2.24, 2.45) is 0 Å². The lowest BCUT2D eigenvalue weighted by Crippen LogP contribution is -2.16. The average molecular weight is 196 g/mol. The van der Waals surface area contributed by atoms with Crippen LogP contribution in [0.3, 0.4) is 0 Å². The number of Topliss-reactive ketones (excluding diaryl/α,β-unsaturated/α-hetero) is 1. The van der Waals surface area contributed by atoms with E-state index < -0.39 is 5.78 Å². The van der Waals surface area contributed by atoms with Crippen LogP contribution in [-0.4, -0.2) is 17.3 Å². The molecule has 3 heteroatoms. The Labute approximate surface area is 83.1 Å². The van der Waals surface area contributed by atoms with Gasteiger partial charge >= 0.3 is 0 Å². The molecule has 0 fully saturated rings. The van der Waals surface area contributed by atoms with Crippen molar-refractivity contribution in [2.45, 2.75) is 19.3 Å². The predicted molar refractivity (Wildman–Crippen MR) is 54.9 cm³/mol. The van der Waals surface area contributed by atoms with Crippen molar-refractivity contribution in [3.8, 4) is 0 Å². The highest BCUT2D eigenvalue weighted by Crippen LogP contribution is 2.13. The van der Waals surface area contributed by atoms with Crippen molar-refractivity contribution in [3.63, 3.8) is 0 Å². The van der Waals surface area contributed by atoms with Crippen LogP contribution in [0, 0.1) is 0 Å². The molecule has 2 nitrogen and oxygen atoms in total. The van der Waals surface area contributed by atoms with E-state index in [0.29, 0.717) is 12.0 Å². The quantitative estimate of drug-likeness (QED) is 0.321. The number of carbonyl (C=O) groups excluding carboxylic acids is 2. The fraction of sp³-hybridized carbons (Fsp3) is 0.400. The van der Waals surface area contributed by atoms with E-state index in [9.17, 15) is 9.59 Å². The molecule has 0 N–H and O–H groups in total. The van der Waals surface area contributed by atoms with E-state index in [1.54, 1.807) is 12.2 Å². The number of allylic oxidation sites excluding steroid dienone is 4. The molecule has 0 radical (unpaired) electrons. The Morgan fingerprint density at radius 1 is 1.23 bits per heavy atom. The maximum atomic E-state index is 11.2. The van der Waals surface area contributed by atoms with Crippen LogP contribution in [0.4, 0.5) is 0 Å². The number of ketones is 2. The number of thiol groups is 1. The van der Waals surface area contributed by atoms with Gasteiger partial charge in [-0.25, -0.2) is 0 Å². The van der Waals surface area contributed by atoms with Gasteiger partial charge in [0.05, 0.1) is 0 Å². The minimum Gasteiger partial charge on any atom is -0.286 e. The molecule has 13 heavy (non-hydrogen) atoms. The number of hydrogen-bond donors (Lipinski definition) is 1.